The van der Waals surface area contributed by atoms with Crippen molar-refractivity contribution in [2.75, 3.05) is 0 Å². The van der Waals surface area contributed by atoms with Crippen LogP contribution in [0.1, 0.15) is 46.3 Å². The molecular formula is C27H19F11N2O2. The van der Waals surface area contributed by atoms with Gasteiger partial charge in [-0.1, -0.05) is 24.3 Å². The predicted molar refractivity (Wildman–Crippen MR) is 127 cm³/mol. The molecule has 0 bridgehead atoms. The Morgan fingerprint density at radius 2 is 1.21 bits per heavy atom. The second kappa shape index (κ2) is 12.4. The van der Waals surface area contributed by atoms with Crippen LogP contribution >= 0.6 is 0 Å². The Bertz CT molecular complexity index is 1410. The fraction of sp³-hybridized carbons (Fsp3) is 0.259. The van der Waals surface area contributed by atoms with E-state index in [1.807, 2.05) is 0 Å². The SMILES string of the molecule is Fc1cccc([C@H]2N=C(CCc3cc(C(F)(F)F)cc(C(F)(F)F)c3)N[C@H]2c2cccc(F)c2)c1.O=C(O)C(F)(F)F. The third-order valence-electron chi connectivity index (χ3n) is 5.87. The van der Waals surface area contributed by atoms with Crippen LogP contribution in [0.15, 0.2) is 71.7 Å². The lowest BCUT2D eigenvalue weighted by Gasteiger charge is -2.20. The number of aliphatic carboxylic acids is 1. The summed E-state index contributed by atoms with van der Waals surface area (Å²) in [5.74, 6) is -3.46. The minimum absolute atomic E-state index is 0.00373. The van der Waals surface area contributed by atoms with E-state index in [0.29, 0.717) is 29.1 Å². The summed E-state index contributed by atoms with van der Waals surface area (Å²) < 4.78 is 138. The fourth-order valence-corrected chi connectivity index (χ4v) is 4.02. The molecule has 0 aliphatic carbocycles. The number of nitrogens with zero attached hydrogens (tertiary/aromatic N) is 1. The highest BCUT2D eigenvalue weighted by Crippen LogP contribution is 2.39. The molecule has 0 radical (unpaired) electrons. The van der Waals surface area contributed by atoms with Gasteiger partial charge in [0, 0.05) is 6.42 Å². The first-order chi connectivity index (χ1) is 19.3. The standard InChI is InChI=1S/C25H18F8N2.C2HF3O2/c26-19-5-1-3-15(11-19)22-23(16-4-2-6-20(27)12-16)35-21(34-22)8-7-14-9-17(24(28,29)30)13-18(10-14)25(31,32)33;3-2(4,5)1(6)7/h1-6,9-13,22-23H,7-8H2,(H,34,35);(H,6,7)/t22-,23+;. The fourth-order valence-electron chi connectivity index (χ4n) is 4.02. The maximum atomic E-state index is 13.8. The average Bonchev–Trinajstić information content (AvgIpc) is 3.31. The minimum Gasteiger partial charge on any atom is -0.475 e. The lowest BCUT2D eigenvalue weighted by Crippen LogP contribution is -2.25. The van der Waals surface area contributed by atoms with E-state index in [-0.39, 0.29) is 24.5 Å². The van der Waals surface area contributed by atoms with Gasteiger partial charge in [-0.25, -0.2) is 13.6 Å². The van der Waals surface area contributed by atoms with Crippen LogP contribution in [-0.2, 0) is 23.6 Å². The number of halogens is 11. The van der Waals surface area contributed by atoms with E-state index < -0.39 is 59.3 Å². The Labute approximate surface area is 230 Å². The second-order valence-electron chi connectivity index (χ2n) is 8.97. The van der Waals surface area contributed by atoms with Gasteiger partial charge >= 0.3 is 24.5 Å². The van der Waals surface area contributed by atoms with E-state index in [9.17, 15) is 48.3 Å². The van der Waals surface area contributed by atoms with Crippen LogP contribution in [0.2, 0.25) is 0 Å². The molecule has 42 heavy (non-hydrogen) atoms. The third-order valence-corrected chi connectivity index (χ3v) is 5.87. The molecule has 0 aromatic heterocycles. The molecule has 226 valence electrons. The van der Waals surface area contributed by atoms with E-state index in [2.05, 4.69) is 10.3 Å². The normalized spacial score (nSPS) is 17.2. The number of aryl methyl sites for hydroxylation is 1. The van der Waals surface area contributed by atoms with Crippen molar-refractivity contribution in [1.29, 1.82) is 0 Å². The van der Waals surface area contributed by atoms with Crippen LogP contribution in [0.3, 0.4) is 0 Å². The van der Waals surface area contributed by atoms with E-state index in [0.717, 1.165) is 0 Å². The number of benzene rings is 3. The molecule has 2 atom stereocenters. The summed E-state index contributed by atoms with van der Waals surface area (Å²) in [4.78, 5) is 13.4. The molecule has 15 heteroatoms. The molecule has 0 unspecified atom stereocenters. The van der Waals surface area contributed by atoms with Crippen LogP contribution in [0.25, 0.3) is 0 Å². The third kappa shape index (κ3) is 8.66. The molecule has 1 aliphatic heterocycles. The Morgan fingerprint density at radius 3 is 1.67 bits per heavy atom. The van der Waals surface area contributed by atoms with Crippen molar-refractivity contribution < 1.29 is 58.2 Å². The van der Waals surface area contributed by atoms with Gasteiger partial charge in [0.05, 0.1) is 23.0 Å². The first-order valence-corrected chi connectivity index (χ1v) is 11.8. The summed E-state index contributed by atoms with van der Waals surface area (Å²) >= 11 is 0. The number of rotatable bonds is 5. The molecular weight excluding hydrogens is 593 g/mol. The summed E-state index contributed by atoms with van der Waals surface area (Å²) in [6.45, 7) is 0. The summed E-state index contributed by atoms with van der Waals surface area (Å²) in [5.41, 5.74) is -1.94. The summed E-state index contributed by atoms with van der Waals surface area (Å²) in [5, 5.41) is 10.2. The first kappa shape index (κ1) is 32.3. The molecule has 0 saturated carbocycles. The lowest BCUT2D eigenvalue weighted by molar-refractivity contribution is -0.192. The van der Waals surface area contributed by atoms with Crippen LogP contribution in [0.5, 0.6) is 0 Å². The highest BCUT2D eigenvalue weighted by atomic mass is 19.4. The zero-order valence-electron chi connectivity index (χ0n) is 20.9. The molecule has 0 amide bonds. The number of hydrogen-bond donors (Lipinski definition) is 2. The van der Waals surface area contributed by atoms with Gasteiger partial charge in [0.25, 0.3) is 0 Å². The van der Waals surface area contributed by atoms with Crippen LogP contribution < -0.4 is 5.32 Å². The highest BCUT2D eigenvalue weighted by Gasteiger charge is 2.39. The average molecular weight is 612 g/mol. The number of carboxylic acid groups (broad SMARTS) is 1. The molecule has 0 fully saturated rings. The largest absolute Gasteiger partial charge is 0.490 e. The van der Waals surface area contributed by atoms with E-state index >= 15 is 0 Å². The maximum Gasteiger partial charge on any atom is 0.490 e. The van der Waals surface area contributed by atoms with Crippen LogP contribution in [0.4, 0.5) is 48.3 Å². The van der Waals surface area contributed by atoms with Crippen LogP contribution in [0, 0.1) is 11.6 Å². The number of carbonyl (C=O) groups is 1. The summed E-state index contributed by atoms with van der Waals surface area (Å²) in [6, 6.07) is 11.5. The van der Waals surface area contributed by atoms with E-state index in [4.69, 9.17) is 9.90 Å². The Kier molecular flexibility index (Phi) is 9.53. The minimum atomic E-state index is -5.08. The van der Waals surface area contributed by atoms with Crippen LogP contribution in [-0.4, -0.2) is 23.1 Å². The van der Waals surface area contributed by atoms with Crippen molar-refractivity contribution in [3.05, 3.63) is 106 Å². The van der Waals surface area contributed by atoms with Crippen molar-refractivity contribution >= 4 is 11.8 Å². The number of hydrogen-bond acceptors (Lipinski definition) is 3. The zero-order chi connectivity index (χ0) is 31.5. The number of amidine groups is 1. The van der Waals surface area contributed by atoms with Crippen molar-refractivity contribution in [3.63, 3.8) is 0 Å². The van der Waals surface area contributed by atoms with Crippen molar-refractivity contribution in [1.82, 2.24) is 5.32 Å². The summed E-state index contributed by atoms with van der Waals surface area (Å²) in [7, 11) is 0. The van der Waals surface area contributed by atoms with Gasteiger partial charge in [-0.3, -0.25) is 4.99 Å². The smallest absolute Gasteiger partial charge is 0.475 e. The predicted octanol–water partition coefficient (Wildman–Crippen LogP) is 8.05. The topological polar surface area (TPSA) is 61.7 Å². The van der Waals surface area contributed by atoms with E-state index in [1.165, 1.54) is 36.4 Å². The van der Waals surface area contributed by atoms with Gasteiger partial charge in [0.15, 0.2) is 0 Å². The van der Waals surface area contributed by atoms with Crippen molar-refractivity contribution in [2.24, 2.45) is 4.99 Å². The molecule has 3 aromatic rings. The molecule has 3 aromatic carbocycles. The van der Waals surface area contributed by atoms with Gasteiger partial charge in [-0.05, 0) is 65.6 Å². The molecule has 0 saturated heterocycles. The van der Waals surface area contributed by atoms with Gasteiger partial charge < -0.3 is 10.4 Å². The quantitative estimate of drug-likeness (QED) is 0.287. The maximum absolute atomic E-state index is 13.8. The van der Waals surface area contributed by atoms with Gasteiger partial charge in [0.1, 0.15) is 17.7 Å². The number of aliphatic imine (C=N–C) groups is 1. The molecule has 2 N–H and O–H groups in total. The van der Waals surface area contributed by atoms with Crippen molar-refractivity contribution in [3.8, 4) is 0 Å². The zero-order valence-corrected chi connectivity index (χ0v) is 20.9. The number of carboxylic acids is 1. The van der Waals surface area contributed by atoms with Gasteiger partial charge in [-0.2, -0.15) is 39.5 Å². The Hall–Kier alpha value is -4.17. The molecule has 4 rings (SSSR count). The number of alkyl halides is 9. The highest BCUT2D eigenvalue weighted by molar-refractivity contribution is 5.85. The second-order valence-corrected chi connectivity index (χ2v) is 8.97. The first-order valence-electron chi connectivity index (χ1n) is 11.8. The molecule has 1 aliphatic rings. The van der Waals surface area contributed by atoms with Gasteiger partial charge in [0.2, 0.25) is 0 Å². The number of nitrogens with one attached hydrogen (secondary N) is 1. The van der Waals surface area contributed by atoms with E-state index in [1.54, 1.807) is 12.1 Å². The monoisotopic (exact) mass is 612 g/mol. The summed E-state index contributed by atoms with van der Waals surface area (Å²) in [6.07, 6.45) is -15.1. The Balaban J connectivity index is 0.000000616. The molecule has 4 nitrogen and oxygen atoms in total. The van der Waals surface area contributed by atoms with Crippen molar-refractivity contribution in [2.45, 2.75) is 43.5 Å². The van der Waals surface area contributed by atoms with Gasteiger partial charge in [-0.15, -0.1) is 0 Å². The lowest BCUT2D eigenvalue weighted by atomic mass is 9.95. The molecule has 0 spiro atoms. The molecule has 1 heterocycles. The Morgan fingerprint density at radius 1 is 0.738 bits per heavy atom.